The van der Waals surface area contributed by atoms with E-state index in [1.54, 1.807) is 0 Å². The highest BCUT2D eigenvalue weighted by Crippen LogP contribution is 2.23. The Morgan fingerprint density at radius 3 is 2.71 bits per heavy atom. The van der Waals surface area contributed by atoms with Crippen molar-refractivity contribution in [1.82, 2.24) is 0 Å². The average molecular weight is 190 g/mol. The van der Waals surface area contributed by atoms with Crippen LogP contribution in [0.4, 0.5) is 11.4 Å². The van der Waals surface area contributed by atoms with Gasteiger partial charge in [-0.2, -0.15) is 0 Å². The molecule has 0 heterocycles. The lowest BCUT2D eigenvalue weighted by atomic mass is 10.1. The van der Waals surface area contributed by atoms with Crippen molar-refractivity contribution in [2.75, 3.05) is 24.2 Å². The first-order valence-corrected chi connectivity index (χ1v) is 4.73. The maximum absolute atomic E-state index is 5.84. The summed E-state index contributed by atoms with van der Waals surface area (Å²) in [6.07, 6.45) is 0. The number of nitrogen functional groups attached to an aromatic ring is 1. The first kappa shape index (κ1) is 10.6. The lowest BCUT2D eigenvalue weighted by molar-refractivity contribution is 0.979. The molecule has 76 valence electrons. The molecule has 14 heavy (non-hydrogen) atoms. The zero-order chi connectivity index (χ0) is 10.7. The highest BCUT2D eigenvalue weighted by atomic mass is 15.1. The fourth-order valence-electron chi connectivity index (χ4n) is 1.54. The summed E-state index contributed by atoms with van der Waals surface area (Å²) in [6, 6.07) is 5.98. The van der Waals surface area contributed by atoms with Crippen molar-refractivity contribution in [3.05, 3.63) is 35.9 Å². The van der Waals surface area contributed by atoms with Gasteiger partial charge in [-0.05, 0) is 31.5 Å². The van der Waals surface area contributed by atoms with Gasteiger partial charge in [-0.25, -0.2) is 0 Å². The topological polar surface area (TPSA) is 29.3 Å². The summed E-state index contributed by atoms with van der Waals surface area (Å²) in [5.41, 5.74) is 10.1. The predicted molar refractivity (Wildman–Crippen MR) is 63.7 cm³/mol. The largest absolute Gasteiger partial charge is 0.398 e. The molecule has 0 saturated carbocycles. The van der Waals surface area contributed by atoms with Crippen LogP contribution < -0.4 is 10.6 Å². The maximum Gasteiger partial charge on any atom is 0.0416 e. The lowest BCUT2D eigenvalue weighted by Crippen LogP contribution is -2.20. The molecular weight excluding hydrogens is 172 g/mol. The van der Waals surface area contributed by atoms with Gasteiger partial charge in [0, 0.05) is 25.0 Å². The molecule has 0 radical (unpaired) electrons. The minimum absolute atomic E-state index is 0.844. The normalized spacial score (nSPS) is 9.93. The Kier molecular flexibility index (Phi) is 3.18. The molecule has 0 saturated heterocycles. The molecule has 2 nitrogen and oxygen atoms in total. The lowest BCUT2D eigenvalue weighted by Gasteiger charge is -2.22. The van der Waals surface area contributed by atoms with E-state index in [2.05, 4.69) is 24.6 Å². The van der Waals surface area contributed by atoms with Crippen LogP contribution in [0.3, 0.4) is 0 Å². The van der Waals surface area contributed by atoms with E-state index in [0.29, 0.717) is 0 Å². The molecule has 1 aromatic rings. The highest BCUT2D eigenvalue weighted by Gasteiger charge is 2.05. The molecule has 0 aliphatic heterocycles. The number of nitrogens with zero attached hydrogens (tertiary/aromatic N) is 1. The number of hydrogen-bond donors (Lipinski definition) is 1. The van der Waals surface area contributed by atoms with Crippen LogP contribution in [0, 0.1) is 6.92 Å². The standard InChI is InChI=1S/C12H18N2/c1-9(2)8-14(4)12-7-5-6-11(13)10(12)3/h5-7H,1,8,13H2,2-4H3. The molecule has 0 fully saturated rings. The van der Waals surface area contributed by atoms with Crippen molar-refractivity contribution in [3.8, 4) is 0 Å². The Morgan fingerprint density at radius 1 is 1.50 bits per heavy atom. The SMILES string of the molecule is C=C(C)CN(C)c1cccc(N)c1C. The Labute approximate surface area is 86.0 Å². The van der Waals surface area contributed by atoms with Crippen LogP contribution in [0.5, 0.6) is 0 Å². The van der Waals surface area contributed by atoms with Crippen LogP contribution in [0.2, 0.25) is 0 Å². The number of hydrogen-bond acceptors (Lipinski definition) is 2. The fourth-order valence-corrected chi connectivity index (χ4v) is 1.54. The zero-order valence-electron chi connectivity index (χ0n) is 9.17. The van der Waals surface area contributed by atoms with Crippen LogP contribution in [0.25, 0.3) is 0 Å². The third kappa shape index (κ3) is 2.28. The minimum Gasteiger partial charge on any atom is -0.398 e. The molecule has 0 atom stereocenters. The Balaban J connectivity index is 2.95. The molecule has 0 spiro atoms. The molecule has 1 aromatic carbocycles. The molecule has 0 aromatic heterocycles. The van der Waals surface area contributed by atoms with Crippen LogP contribution in [0.15, 0.2) is 30.4 Å². The second-order valence-electron chi connectivity index (χ2n) is 3.80. The molecule has 0 unspecified atom stereocenters. The Bertz CT molecular complexity index is 342. The number of rotatable bonds is 3. The number of anilines is 2. The molecule has 0 amide bonds. The quantitative estimate of drug-likeness (QED) is 0.586. The average Bonchev–Trinajstić information content (AvgIpc) is 2.08. The van der Waals surface area contributed by atoms with Gasteiger partial charge in [-0.1, -0.05) is 18.2 Å². The van der Waals surface area contributed by atoms with Crippen molar-refractivity contribution in [1.29, 1.82) is 0 Å². The summed E-state index contributed by atoms with van der Waals surface area (Å²) in [5, 5.41) is 0. The smallest absolute Gasteiger partial charge is 0.0416 e. The molecule has 0 aliphatic rings. The molecule has 2 heteroatoms. The van der Waals surface area contributed by atoms with Gasteiger partial charge in [0.15, 0.2) is 0 Å². The van der Waals surface area contributed by atoms with E-state index in [9.17, 15) is 0 Å². The molecule has 2 N–H and O–H groups in total. The highest BCUT2D eigenvalue weighted by molar-refractivity contribution is 5.64. The predicted octanol–water partition coefficient (Wildman–Crippen LogP) is 2.59. The van der Waals surface area contributed by atoms with E-state index in [1.807, 2.05) is 26.0 Å². The Hall–Kier alpha value is -1.44. The summed E-state index contributed by atoms with van der Waals surface area (Å²) in [5.74, 6) is 0. The first-order valence-electron chi connectivity index (χ1n) is 4.73. The number of nitrogens with two attached hydrogens (primary N) is 1. The van der Waals surface area contributed by atoms with Crippen LogP contribution >= 0.6 is 0 Å². The van der Waals surface area contributed by atoms with Gasteiger partial charge in [-0.3, -0.25) is 0 Å². The summed E-state index contributed by atoms with van der Waals surface area (Å²) >= 11 is 0. The van der Waals surface area contributed by atoms with Gasteiger partial charge >= 0.3 is 0 Å². The van der Waals surface area contributed by atoms with Gasteiger partial charge in [0.25, 0.3) is 0 Å². The minimum atomic E-state index is 0.844. The summed E-state index contributed by atoms with van der Waals surface area (Å²) in [6.45, 7) is 8.83. The van der Waals surface area contributed by atoms with E-state index in [1.165, 1.54) is 5.69 Å². The van der Waals surface area contributed by atoms with E-state index in [4.69, 9.17) is 5.73 Å². The van der Waals surface area contributed by atoms with Crippen molar-refractivity contribution in [2.45, 2.75) is 13.8 Å². The van der Waals surface area contributed by atoms with E-state index in [0.717, 1.165) is 23.4 Å². The van der Waals surface area contributed by atoms with Gasteiger partial charge in [0.1, 0.15) is 0 Å². The number of benzene rings is 1. The third-order valence-corrected chi connectivity index (χ3v) is 2.27. The fraction of sp³-hybridized carbons (Fsp3) is 0.333. The van der Waals surface area contributed by atoms with Crippen molar-refractivity contribution in [2.24, 2.45) is 0 Å². The van der Waals surface area contributed by atoms with Crippen LogP contribution in [0.1, 0.15) is 12.5 Å². The van der Waals surface area contributed by atoms with E-state index >= 15 is 0 Å². The third-order valence-electron chi connectivity index (χ3n) is 2.27. The van der Waals surface area contributed by atoms with Gasteiger partial charge < -0.3 is 10.6 Å². The van der Waals surface area contributed by atoms with Gasteiger partial charge in [-0.15, -0.1) is 0 Å². The molecule has 0 bridgehead atoms. The van der Waals surface area contributed by atoms with E-state index in [-0.39, 0.29) is 0 Å². The second-order valence-corrected chi connectivity index (χ2v) is 3.80. The molecular formula is C12H18N2. The van der Waals surface area contributed by atoms with Gasteiger partial charge in [0.05, 0.1) is 0 Å². The zero-order valence-corrected chi connectivity index (χ0v) is 9.17. The van der Waals surface area contributed by atoms with E-state index < -0.39 is 0 Å². The summed E-state index contributed by atoms with van der Waals surface area (Å²) in [4.78, 5) is 2.16. The molecule has 1 rings (SSSR count). The van der Waals surface area contributed by atoms with Crippen LogP contribution in [-0.4, -0.2) is 13.6 Å². The van der Waals surface area contributed by atoms with Crippen molar-refractivity contribution in [3.63, 3.8) is 0 Å². The Morgan fingerprint density at radius 2 is 2.14 bits per heavy atom. The first-order chi connectivity index (χ1) is 6.52. The summed E-state index contributed by atoms with van der Waals surface area (Å²) in [7, 11) is 2.05. The maximum atomic E-state index is 5.84. The van der Waals surface area contributed by atoms with Gasteiger partial charge in [0.2, 0.25) is 0 Å². The summed E-state index contributed by atoms with van der Waals surface area (Å²) < 4.78 is 0. The second kappa shape index (κ2) is 4.18. The monoisotopic (exact) mass is 190 g/mol. The van der Waals surface area contributed by atoms with Crippen molar-refractivity contribution >= 4 is 11.4 Å². The molecule has 0 aliphatic carbocycles. The van der Waals surface area contributed by atoms with Crippen molar-refractivity contribution < 1.29 is 0 Å². The number of likely N-dealkylation sites (N-methyl/N-ethyl adjacent to an activating group) is 1. The van der Waals surface area contributed by atoms with Crippen LogP contribution in [-0.2, 0) is 0 Å².